The van der Waals surface area contributed by atoms with Crippen molar-refractivity contribution in [1.29, 1.82) is 0 Å². The highest BCUT2D eigenvalue weighted by atomic mass is 16.7. The highest BCUT2D eigenvalue weighted by molar-refractivity contribution is 6.03. The van der Waals surface area contributed by atoms with Crippen LogP contribution in [0.1, 0.15) is 83.6 Å². The Morgan fingerprint density at radius 2 is 1.79 bits per heavy atom. The van der Waals surface area contributed by atoms with Crippen molar-refractivity contribution in [2.45, 2.75) is 95.5 Å². The Labute approximate surface area is 308 Å². The van der Waals surface area contributed by atoms with E-state index in [0.717, 1.165) is 36.8 Å². The lowest BCUT2D eigenvalue weighted by Gasteiger charge is -2.59. The Kier molecular flexibility index (Phi) is 15.6. The van der Waals surface area contributed by atoms with Crippen LogP contribution in [0.3, 0.4) is 0 Å². The van der Waals surface area contributed by atoms with Crippen molar-refractivity contribution in [3.8, 4) is 11.5 Å². The van der Waals surface area contributed by atoms with Crippen LogP contribution in [0.25, 0.3) is 0 Å². The van der Waals surface area contributed by atoms with Crippen LogP contribution in [-0.2, 0) is 19.0 Å². The highest BCUT2D eigenvalue weighted by Crippen LogP contribution is 2.61. The molecule has 1 amide bonds. The van der Waals surface area contributed by atoms with Crippen molar-refractivity contribution in [3.63, 3.8) is 0 Å². The van der Waals surface area contributed by atoms with Crippen LogP contribution in [-0.4, -0.2) is 107 Å². The van der Waals surface area contributed by atoms with Crippen LogP contribution in [0.15, 0.2) is 60.3 Å². The average molecular weight is 729 g/mol. The number of allylic oxidation sites excluding steroid dienone is 1. The van der Waals surface area contributed by atoms with Crippen LogP contribution >= 0.6 is 0 Å². The fourth-order valence-electron chi connectivity index (χ4n) is 7.87. The number of nitrogens with zero attached hydrogens (tertiary/aromatic N) is 2. The maximum Gasteiger partial charge on any atom is 0.410 e. The molecule has 1 saturated carbocycles. The first-order valence-electron chi connectivity index (χ1n) is 18.7. The summed E-state index contributed by atoms with van der Waals surface area (Å²) in [5.41, 5.74) is 1.77. The largest absolute Gasteiger partial charge is 0.508 e. The van der Waals surface area contributed by atoms with Gasteiger partial charge in [0.15, 0.2) is 0 Å². The van der Waals surface area contributed by atoms with Gasteiger partial charge < -0.3 is 44.2 Å². The molecule has 0 unspecified atom stereocenters. The van der Waals surface area contributed by atoms with E-state index >= 15 is 0 Å². The van der Waals surface area contributed by atoms with Gasteiger partial charge in [-0.1, -0.05) is 36.2 Å². The molecule has 0 radical (unpaired) electrons. The smallest absolute Gasteiger partial charge is 0.410 e. The summed E-state index contributed by atoms with van der Waals surface area (Å²) in [6.45, 7) is 14.1. The van der Waals surface area contributed by atoms with E-state index in [1.165, 1.54) is 0 Å². The molecule has 290 valence electrons. The van der Waals surface area contributed by atoms with Gasteiger partial charge in [0, 0.05) is 37.7 Å². The third-order valence-corrected chi connectivity index (χ3v) is 9.96. The number of amides is 1. The number of rotatable bonds is 21. The first-order valence-corrected chi connectivity index (χ1v) is 18.7. The maximum atomic E-state index is 14.1. The number of oxime groups is 1. The zero-order valence-electron chi connectivity index (χ0n) is 31.2. The molecule has 1 aromatic carbocycles. The summed E-state index contributed by atoms with van der Waals surface area (Å²) < 4.78 is 25.4. The fraction of sp³-hybridized carbons (Fsp3) is 0.650. The second kappa shape index (κ2) is 19.6. The molecule has 1 heterocycles. The number of carbonyl (C=O) groups excluding carboxylic acids is 1. The number of aromatic hydroxyl groups is 1. The summed E-state index contributed by atoms with van der Waals surface area (Å²) >= 11 is 0. The van der Waals surface area contributed by atoms with E-state index in [1.807, 2.05) is 20.8 Å². The SMILES string of the molecule is C=CCCOC(=O)N(CCOCCO)[C@H]1CC(=NOC(C)(C)C)C2=C[C@H](CCCCO)[C@@H](CCCCO)[C@@H]3c4cc(O)ccc4O[C@@]1(OCC=C)[C@H]23. The molecule has 3 aliphatic rings. The van der Waals surface area contributed by atoms with Gasteiger partial charge in [-0.25, -0.2) is 4.79 Å². The van der Waals surface area contributed by atoms with E-state index in [2.05, 4.69) is 19.2 Å². The zero-order chi connectivity index (χ0) is 37.7. The summed E-state index contributed by atoms with van der Waals surface area (Å²) in [5.74, 6) is -1.50. The molecule has 12 nitrogen and oxygen atoms in total. The van der Waals surface area contributed by atoms with Gasteiger partial charge in [0.1, 0.15) is 23.1 Å². The predicted octanol–water partition coefficient (Wildman–Crippen LogP) is 5.85. The topological polar surface area (TPSA) is 160 Å². The number of hydrogen-bond donors (Lipinski definition) is 4. The van der Waals surface area contributed by atoms with E-state index in [9.17, 15) is 25.2 Å². The van der Waals surface area contributed by atoms with E-state index in [4.69, 9.17) is 28.9 Å². The van der Waals surface area contributed by atoms with E-state index in [1.54, 1.807) is 35.3 Å². The lowest BCUT2D eigenvalue weighted by Crippen LogP contribution is -2.70. The summed E-state index contributed by atoms with van der Waals surface area (Å²) in [6.07, 6.45) is 10.2. The summed E-state index contributed by atoms with van der Waals surface area (Å²) in [7, 11) is 0. The van der Waals surface area contributed by atoms with Crippen LogP contribution in [0, 0.1) is 17.8 Å². The molecule has 12 heteroatoms. The zero-order valence-corrected chi connectivity index (χ0v) is 31.2. The minimum absolute atomic E-state index is 0.0274. The van der Waals surface area contributed by atoms with Crippen molar-refractivity contribution in [2.24, 2.45) is 22.9 Å². The van der Waals surface area contributed by atoms with Crippen LogP contribution in [0.2, 0.25) is 0 Å². The van der Waals surface area contributed by atoms with Crippen LogP contribution in [0.5, 0.6) is 11.5 Å². The number of aliphatic hydroxyl groups excluding tert-OH is 3. The summed E-state index contributed by atoms with van der Waals surface area (Å²) in [6, 6.07) is 4.31. The standard InChI is InChI=1S/C40H60N2O10/c1-6-8-22-49-38(47)42(17-23-48-24-20-45)35-27-33(41-52-39(3,4)5)31-25-28(13-9-11-18-43)30(14-10-12-19-44)36-32-26-29(46)15-16-34(32)51-40(35,37(31)36)50-21-7-2/h6-7,15-16,25-26,28,30,35-37,43-46H,1-2,8-14,17-24,27H2,3-5H3/t28-,30+,35-,36+,37+,40+/m0/s1. The number of benzene rings is 1. The Balaban J connectivity index is 2.01. The Hall–Kier alpha value is -3.42. The van der Waals surface area contributed by atoms with Gasteiger partial charge in [0.2, 0.25) is 5.79 Å². The Morgan fingerprint density at radius 3 is 2.46 bits per heavy atom. The molecule has 4 rings (SSSR count). The molecule has 1 aromatic rings. The maximum absolute atomic E-state index is 14.1. The van der Waals surface area contributed by atoms with Gasteiger partial charge in [-0.15, -0.1) is 13.2 Å². The van der Waals surface area contributed by atoms with Crippen molar-refractivity contribution in [2.75, 3.05) is 52.8 Å². The van der Waals surface area contributed by atoms with E-state index in [-0.39, 0.29) is 82.7 Å². The van der Waals surface area contributed by atoms with Crippen molar-refractivity contribution in [1.82, 2.24) is 4.90 Å². The van der Waals surface area contributed by atoms with Crippen molar-refractivity contribution >= 4 is 11.8 Å². The third-order valence-electron chi connectivity index (χ3n) is 9.96. The minimum Gasteiger partial charge on any atom is -0.508 e. The molecule has 0 aromatic heterocycles. The summed E-state index contributed by atoms with van der Waals surface area (Å²) in [4.78, 5) is 21.8. The molecular formula is C40H60N2O10. The van der Waals surface area contributed by atoms with Gasteiger partial charge in [0.05, 0.1) is 44.7 Å². The van der Waals surface area contributed by atoms with Gasteiger partial charge in [-0.2, -0.15) is 0 Å². The molecule has 1 fully saturated rings. The number of phenols is 1. The lowest BCUT2D eigenvalue weighted by molar-refractivity contribution is -0.256. The van der Waals surface area contributed by atoms with Gasteiger partial charge in [-0.3, -0.25) is 4.90 Å². The molecule has 6 atom stereocenters. The van der Waals surface area contributed by atoms with Gasteiger partial charge in [0.25, 0.3) is 0 Å². The molecule has 0 spiro atoms. The fourth-order valence-corrected chi connectivity index (χ4v) is 7.87. The van der Waals surface area contributed by atoms with E-state index < -0.39 is 29.4 Å². The molecule has 1 aliphatic heterocycles. The Morgan fingerprint density at radius 1 is 1.04 bits per heavy atom. The minimum atomic E-state index is -1.46. The molecule has 0 bridgehead atoms. The third kappa shape index (κ3) is 9.96. The van der Waals surface area contributed by atoms with E-state index in [0.29, 0.717) is 30.7 Å². The van der Waals surface area contributed by atoms with Gasteiger partial charge >= 0.3 is 6.09 Å². The van der Waals surface area contributed by atoms with Crippen LogP contribution < -0.4 is 4.74 Å². The molecule has 52 heavy (non-hydrogen) atoms. The highest BCUT2D eigenvalue weighted by Gasteiger charge is 2.65. The van der Waals surface area contributed by atoms with Crippen LogP contribution in [0.4, 0.5) is 4.79 Å². The normalized spacial score (nSPS) is 25.7. The predicted molar refractivity (Wildman–Crippen MR) is 198 cm³/mol. The van der Waals surface area contributed by atoms with Gasteiger partial charge in [-0.05, 0) is 88.5 Å². The Bertz CT molecular complexity index is 1390. The lowest BCUT2D eigenvalue weighted by atomic mass is 9.55. The average Bonchev–Trinajstić information content (AvgIpc) is 3.11. The number of unbranched alkanes of at least 4 members (excludes halogenated alkanes) is 2. The molecule has 2 aliphatic carbocycles. The monoisotopic (exact) mass is 728 g/mol. The number of carbonyl (C=O) groups is 1. The molecule has 0 saturated heterocycles. The second-order valence-electron chi connectivity index (χ2n) is 14.7. The van der Waals surface area contributed by atoms with Crippen molar-refractivity contribution < 1.29 is 49.0 Å². The number of hydrogen-bond acceptors (Lipinski definition) is 11. The molecular weight excluding hydrogens is 668 g/mol. The molecule has 4 N–H and O–H groups in total. The quantitative estimate of drug-likeness (QED) is 0.0688. The second-order valence-corrected chi connectivity index (χ2v) is 14.7. The summed E-state index contributed by atoms with van der Waals surface area (Å²) in [5, 5.41) is 44.6. The number of ether oxygens (including phenoxy) is 4. The number of fused-ring (bicyclic) bond motifs is 2. The van der Waals surface area contributed by atoms with Crippen molar-refractivity contribution in [3.05, 3.63) is 60.7 Å². The first-order chi connectivity index (χ1) is 25.0. The number of aliphatic hydroxyl groups is 3. The first kappa shape index (κ1) is 41.3. The number of phenolic OH excluding ortho intramolecular Hbond substituents is 1.